The van der Waals surface area contributed by atoms with Crippen LogP contribution >= 0.6 is 0 Å². The average Bonchev–Trinajstić information content (AvgIpc) is 3.06. The van der Waals surface area contributed by atoms with Gasteiger partial charge in [-0.1, -0.05) is 12.1 Å². The number of nitrogens with one attached hydrogen (secondary N) is 2. The van der Waals surface area contributed by atoms with E-state index in [2.05, 4.69) is 15.6 Å². The van der Waals surface area contributed by atoms with Crippen molar-refractivity contribution in [2.24, 2.45) is 5.73 Å². The Morgan fingerprint density at radius 1 is 0.947 bits per heavy atom. The molecule has 4 N–H and O–H groups in total. The van der Waals surface area contributed by atoms with Crippen molar-refractivity contribution in [3.05, 3.63) is 94.3 Å². The Bertz CT molecular complexity index is 1600. The second-order valence-corrected chi connectivity index (χ2v) is 8.74. The number of ether oxygens (including phenoxy) is 1. The maximum absolute atomic E-state index is 13.1. The number of fused-ring (bicyclic) bond motifs is 2. The number of nitro groups is 1. The minimum absolute atomic E-state index is 0.125. The van der Waals surface area contributed by atoms with Crippen LogP contribution in [0.1, 0.15) is 22.3 Å². The number of methoxy groups -OCH3 is 1. The molecule has 190 valence electrons. The molecule has 0 bridgehead atoms. The van der Waals surface area contributed by atoms with E-state index < -0.39 is 4.92 Å². The average molecular weight is 510 g/mol. The van der Waals surface area contributed by atoms with Gasteiger partial charge in [-0.25, -0.2) is 0 Å². The molecule has 10 heteroatoms. The van der Waals surface area contributed by atoms with Gasteiger partial charge < -0.3 is 21.1 Å². The molecule has 4 aromatic rings. The van der Waals surface area contributed by atoms with Gasteiger partial charge in [0.2, 0.25) is 5.91 Å². The number of nitrogens with zero attached hydrogens (tertiary/aromatic N) is 2. The number of aromatic nitrogens is 1. The standard InChI is InChI=1S/C28H23N5O5/c1-38-26-14-18(4-8-25(26)33(36)37)17-2-6-20-23(12-17)31-22-7-3-19(13-24(22)32-28(20)35)21-15-30-11-10-16(21)5-9-27(29)34/h2-4,6-8,10-15,31H,5,9H2,1H3,(H2,29,34)(H,32,35). The van der Waals surface area contributed by atoms with Crippen LogP contribution in [-0.2, 0) is 11.2 Å². The number of carbonyl (C=O) groups is 2. The fraction of sp³-hybridized carbons (Fsp3) is 0.107. The lowest BCUT2D eigenvalue weighted by atomic mass is 9.98. The Balaban J connectivity index is 1.49. The topological polar surface area (TPSA) is 149 Å². The van der Waals surface area contributed by atoms with Crippen LogP contribution in [0.2, 0.25) is 0 Å². The number of aryl methyl sites for hydroxylation is 1. The first kappa shape index (κ1) is 24.4. The molecule has 3 aromatic carbocycles. The maximum Gasteiger partial charge on any atom is 0.310 e. The summed E-state index contributed by atoms with van der Waals surface area (Å²) < 4.78 is 5.20. The summed E-state index contributed by atoms with van der Waals surface area (Å²) >= 11 is 0. The SMILES string of the molecule is COc1cc(-c2ccc3c(c2)Nc2ccc(-c4cnccc4CCC(N)=O)cc2NC3=O)ccc1[N+](=O)[O-]. The number of amides is 2. The molecule has 0 fully saturated rings. The molecule has 0 atom stereocenters. The molecule has 0 aliphatic carbocycles. The van der Waals surface area contributed by atoms with E-state index in [1.807, 2.05) is 30.3 Å². The Kier molecular flexibility index (Phi) is 6.44. The summed E-state index contributed by atoms with van der Waals surface area (Å²) in [6.07, 6.45) is 4.10. The zero-order valence-corrected chi connectivity index (χ0v) is 20.4. The summed E-state index contributed by atoms with van der Waals surface area (Å²) in [7, 11) is 1.38. The normalized spacial score (nSPS) is 11.9. The molecule has 1 aromatic heterocycles. The number of hydrogen-bond acceptors (Lipinski definition) is 7. The lowest BCUT2D eigenvalue weighted by Crippen LogP contribution is -2.11. The van der Waals surface area contributed by atoms with Gasteiger partial charge in [0.15, 0.2) is 5.75 Å². The molecule has 2 heterocycles. The number of pyridine rings is 1. The molecule has 38 heavy (non-hydrogen) atoms. The first-order valence-corrected chi connectivity index (χ1v) is 11.7. The zero-order valence-electron chi connectivity index (χ0n) is 20.4. The second kappa shape index (κ2) is 10.0. The number of nitro benzene ring substituents is 1. The van der Waals surface area contributed by atoms with Crippen LogP contribution in [0.3, 0.4) is 0 Å². The van der Waals surface area contributed by atoms with E-state index in [1.54, 1.807) is 36.7 Å². The number of rotatable bonds is 7. The molecule has 0 spiro atoms. The van der Waals surface area contributed by atoms with Crippen molar-refractivity contribution in [2.75, 3.05) is 17.7 Å². The Morgan fingerprint density at radius 2 is 1.68 bits per heavy atom. The van der Waals surface area contributed by atoms with E-state index in [0.717, 1.165) is 22.3 Å². The highest BCUT2D eigenvalue weighted by atomic mass is 16.6. The van der Waals surface area contributed by atoms with E-state index in [-0.39, 0.29) is 29.7 Å². The second-order valence-electron chi connectivity index (χ2n) is 8.74. The summed E-state index contributed by atoms with van der Waals surface area (Å²) in [6.45, 7) is 0. The molecular weight excluding hydrogens is 486 g/mol. The molecule has 0 unspecified atom stereocenters. The van der Waals surface area contributed by atoms with Crippen LogP contribution in [-0.4, -0.2) is 28.8 Å². The van der Waals surface area contributed by atoms with Crippen molar-refractivity contribution in [3.8, 4) is 28.0 Å². The lowest BCUT2D eigenvalue weighted by Gasteiger charge is -2.13. The smallest absolute Gasteiger partial charge is 0.310 e. The molecule has 0 saturated heterocycles. The molecule has 5 rings (SSSR count). The van der Waals surface area contributed by atoms with Gasteiger partial charge in [-0.15, -0.1) is 0 Å². The van der Waals surface area contributed by atoms with Crippen molar-refractivity contribution >= 4 is 34.6 Å². The van der Waals surface area contributed by atoms with Crippen LogP contribution in [0.5, 0.6) is 5.75 Å². The van der Waals surface area contributed by atoms with Crippen molar-refractivity contribution < 1.29 is 19.2 Å². The van der Waals surface area contributed by atoms with Crippen molar-refractivity contribution in [3.63, 3.8) is 0 Å². The highest BCUT2D eigenvalue weighted by Crippen LogP contribution is 2.39. The number of anilines is 3. The van der Waals surface area contributed by atoms with Crippen LogP contribution < -0.4 is 21.1 Å². The lowest BCUT2D eigenvalue weighted by molar-refractivity contribution is -0.385. The third kappa shape index (κ3) is 4.74. The fourth-order valence-electron chi connectivity index (χ4n) is 4.45. The summed E-state index contributed by atoms with van der Waals surface area (Å²) in [5.41, 5.74) is 11.6. The third-order valence-electron chi connectivity index (χ3n) is 6.37. The summed E-state index contributed by atoms with van der Waals surface area (Å²) in [5.74, 6) is -0.511. The number of benzene rings is 3. The van der Waals surface area contributed by atoms with E-state index in [1.165, 1.54) is 13.2 Å². The molecule has 1 aliphatic heterocycles. The highest BCUT2D eigenvalue weighted by molar-refractivity contribution is 6.13. The summed E-state index contributed by atoms with van der Waals surface area (Å²) in [4.78, 5) is 39.4. The van der Waals surface area contributed by atoms with Gasteiger partial charge in [0.1, 0.15) is 0 Å². The molecule has 0 saturated carbocycles. The van der Waals surface area contributed by atoms with Crippen LogP contribution in [0.25, 0.3) is 22.3 Å². The first-order valence-electron chi connectivity index (χ1n) is 11.7. The minimum Gasteiger partial charge on any atom is -0.490 e. The quantitative estimate of drug-likeness (QED) is 0.233. The van der Waals surface area contributed by atoms with Gasteiger partial charge in [-0.3, -0.25) is 24.7 Å². The predicted molar refractivity (Wildman–Crippen MR) is 144 cm³/mol. The number of carbonyl (C=O) groups excluding carboxylic acids is 2. The Morgan fingerprint density at radius 3 is 2.45 bits per heavy atom. The van der Waals surface area contributed by atoms with E-state index in [9.17, 15) is 19.7 Å². The summed E-state index contributed by atoms with van der Waals surface area (Å²) in [5, 5.41) is 17.6. The van der Waals surface area contributed by atoms with Gasteiger partial charge in [-0.05, 0) is 71.1 Å². The van der Waals surface area contributed by atoms with Crippen LogP contribution in [0, 0.1) is 10.1 Å². The first-order chi connectivity index (χ1) is 18.3. The van der Waals surface area contributed by atoms with Crippen LogP contribution in [0.15, 0.2) is 73.1 Å². The van der Waals surface area contributed by atoms with Crippen molar-refractivity contribution in [1.82, 2.24) is 4.98 Å². The molecule has 0 radical (unpaired) electrons. The summed E-state index contributed by atoms with van der Waals surface area (Å²) in [6, 6.07) is 17.4. The largest absolute Gasteiger partial charge is 0.490 e. The van der Waals surface area contributed by atoms with Crippen molar-refractivity contribution in [1.29, 1.82) is 0 Å². The maximum atomic E-state index is 13.1. The monoisotopic (exact) mass is 509 g/mol. The third-order valence-corrected chi connectivity index (χ3v) is 6.37. The van der Waals surface area contributed by atoms with Crippen LogP contribution in [0.4, 0.5) is 22.7 Å². The number of primary amides is 1. The van der Waals surface area contributed by atoms with Gasteiger partial charge in [0.25, 0.3) is 5.91 Å². The van der Waals surface area contributed by atoms with E-state index >= 15 is 0 Å². The number of nitrogens with two attached hydrogens (primary N) is 1. The molecule has 1 aliphatic rings. The predicted octanol–water partition coefficient (Wildman–Crippen LogP) is 5.06. The van der Waals surface area contributed by atoms with Gasteiger partial charge in [0, 0.05) is 30.4 Å². The van der Waals surface area contributed by atoms with E-state index in [4.69, 9.17) is 10.5 Å². The molecular formula is C28H23N5O5. The molecule has 2 amide bonds. The fourth-order valence-corrected chi connectivity index (χ4v) is 4.45. The van der Waals surface area contributed by atoms with Gasteiger partial charge in [-0.2, -0.15) is 0 Å². The Hall–Kier alpha value is -5.25. The van der Waals surface area contributed by atoms with E-state index in [0.29, 0.717) is 34.6 Å². The van der Waals surface area contributed by atoms with Gasteiger partial charge in [0.05, 0.1) is 34.7 Å². The highest BCUT2D eigenvalue weighted by Gasteiger charge is 2.22. The van der Waals surface area contributed by atoms with Gasteiger partial charge >= 0.3 is 5.69 Å². The number of hydrogen-bond donors (Lipinski definition) is 3. The zero-order chi connectivity index (χ0) is 26.8. The minimum atomic E-state index is -0.497. The van der Waals surface area contributed by atoms with Crippen molar-refractivity contribution in [2.45, 2.75) is 12.8 Å². The Labute approximate surface area is 217 Å². The molecule has 10 nitrogen and oxygen atoms in total.